The Kier molecular flexibility index (Phi) is 5.58. The van der Waals surface area contributed by atoms with E-state index in [1.54, 1.807) is 7.11 Å². The molecule has 1 amide bonds. The summed E-state index contributed by atoms with van der Waals surface area (Å²) >= 11 is 0. The van der Waals surface area contributed by atoms with Crippen LogP contribution in [0, 0.1) is 11.3 Å². The largest absolute Gasteiger partial charge is 0.497 e. The molecule has 0 spiro atoms. The summed E-state index contributed by atoms with van der Waals surface area (Å²) in [4.78, 5) is 14.5. The molecule has 0 unspecified atom stereocenters. The summed E-state index contributed by atoms with van der Waals surface area (Å²) in [6, 6.07) is 20.3. The van der Waals surface area contributed by atoms with Gasteiger partial charge in [0, 0.05) is 19.5 Å². The summed E-state index contributed by atoms with van der Waals surface area (Å²) in [6.45, 7) is 1.29. The number of carbonyl (C=O) groups excluding carboxylic acids is 1. The molecule has 2 aromatic rings. The van der Waals surface area contributed by atoms with Gasteiger partial charge in [-0.05, 0) is 42.5 Å². The van der Waals surface area contributed by atoms with Gasteiger partial charge in [-0.1, -0.05) is 42.5 Å². The first-order valence-electron chi connectivity index (χ1n) is 9.04. The van der Waals surface area contributed by atoms with E-state index in [-0.39, 0.29) is 5.91 Å². The number of amides is 1. The Bertz CT molecular complexity index is 770. The fraction of sp³-hybridized carbons (Fsp3) is 0.364. The third-order valence-corrected chi connectivity index (χ3v) is 5.30. The van der Waals surface area contributed by atoms with Crippen LogP contribution in [0.3, 0.4) is 0 Å². The summed E-state index contributed by atoms with van der Waals surface area (Å²) in [5.74, 6) is 0.991. The SMILES string of the molecule is COc1ccc(CCC(=O)N2CCC(C#N)(c3ccccc3)CC2)cc1. The lowest BCUT2D eigenvalue weighted by Gasteiger charge is -2.37. The van der Waals surface area contributed by atoms with Gasteiger partial charge in [0.2, 0.25) is 5.91 Å². The van der Waals surface area contributed by atoms with Crippen LogP contribution in [0.5, 0.6) is 5.75 Å². The highest BCUT2D eigenvalue weighted by Crippen LogP contribution is 2.35. The molecule has 4 heteroatoms. The number of benzene rings is 2. The van der Waals surface area contributed by atoms with Crippen LogP contribution in [0.25, 0.3) is 0 Å². The Morgan fingerprint density at radius 3 is 2.35 bits per heavy atom. The number of methoxy groups -OCH3 is 1. The zero-order chi connectivity index (χ0) is 18.4. The van der Waals surface area contributed by atoms with Gasteiger partial charge in [-0.25, -0.2) is 0 Å². The number of likely N-dealkylation sites (tertiary alicyclic amines) is 1. The molecule has 26 heavy (non-hydrogen) atoms. The van der Waals surface area contributed by atoms with Crippen molar-refractivity contribution in [2.24, 2.45) is 0 Å². The van der Waals surface area contributed by atoms with E-state index >= 15 is 0 Å². The van der Waals surface area contributed by atoms with E-state index in [0.29, 0.717) is 32.4 Å². The maximum atomic E-state index is 12.5. The number of piperidine rings is 1. The van der Waals surface area contributed by atoms with Crippen molar-refractivity contribution < 1.29 is 9.53 Å². The standard InChI is InChI=1S/C22H24N2O2/c1-26-20-10-7-18(8-11-20)9-12-21(25)24-15-13-22(17-23,14-16-24)19-5-3-2-4-6-19/h2-8,10-11H,9,12-16H2,1H3. The van der Waals surface area contributed by atoms with Crippen molar-refractivity contribution >= 4 is 5.91 Å². The molecule has 0 bridgehead atoms. The smallest absolute Gasteiger partial charge is 0.222 e. The molecule has 134 valence electrons. The maximum absolute atomic E-state index is 12.5. The number of ether oxygens (including phenoxy) is 1. The fourth-order valence-electron chi connectivity index (χ4n) is 3.56. The predicted octanol–water partition coefficient (Wildman–Crippen LogP) is 3.71. The summed E-state index contributed by atoms with van der Waals surface area (Å²) in [5, 5.41) is 9.75. The second-order valence-corrected chi connectivity index (χ2v) is 6.79. The van der Waals surface area contributed by atoms with Gasteiger partial charge in [0.05, 0.1) is 18.6 Å². The zero-order valence-corrected chi connectivity index (χ0v) is 15.1. The van der Waals surface area contributed by atoms with Crippen molar-refractivity contribution in [2.45, 2.75) is 31.1 Å². The number of rotatable bonds is 5. The monoisotopic (exact) mass is 348 g/mol. The first-order valence-corrected chi connectivity index (χ1v) is 9.04. The highest BCUT2D eigenvalue weighted by molar-refractivity contribution is 5.76. The molecule has 2 aromatic carbocycles. The molecule has 0 atom stereocenters. The molecular weight excluding hydrogens is 324 g/mol. The Hall–Kier alpha value is -2.80. The quantitative estimate of drug-likeness (QED) is 0.828. The molecule has 1 saturated heterocycles. The van der Waals surface area contributed by atoms with Crippen LogP contribution < -0.4 is 4.74 Å². The zero-order valence-electron chi connectivity index (χ0n) is 15.1. The van der Waals surface area contributed by atoms with Crippen LogP contribution in [-0.2, 0) is 16.6 Å². The number of nitriles is 1. The summed E-state index contributed by atoms with van der Waals surface area (Å²) in [5.41, 5.74) is 1.73. The van der Waals surface area contributed by atoms with Gasteiger partial charge in [-0.2, -0.15) is 5.26 Å². The lowest BCUT2D eigenvalue weighted by Crippen LogP contribution is -2.44. The van der Waals surface area contributed by atoms with E-state index in [1.807, 2.05) is 59.5 Å². The minimum absolute atomic E-state index is 0.167. The molecule has 3 rings (SSSR count). The van der Waals surface area contributed by atoms with Gasteiger partial charge in [-0.3, -0.25) is 4.79 Å². The van der Waals surface area contributed by atoms with Gasteiger partial charge < -0.3 is 9.64 Å². The number of nitrogens with zero attached hydrogens (tertiary/aromatic N) is 2. The molecule has 1 fully saturated rings. The minimum Gasteiger partial charge on any atom is -0.497 e. The molecule has 0 radical (unpaired) electrons. The van der Waals surface area contributed by atoms with E-state index in [2.05, 4.69) is 6.07 Å². The molecule has 0 N–H and O–H groups in total. The van der Waals surface area contributed by atoms with Crippen molar-refractivity contribution in [1.29, 1.82) is 5.26 Å². The van der Waals surface area contributed by atoms with Crippen LogP contribution in [-0.4, -0.2) is 31.0 Å². The number of carbonyl (C=O) groups is 1. The average molecular weight is 348 g/mol. The highest BCUT2D eigenvalue weighted by atomic mass is 16.5. The summed E-state index contributed by atoms with van der Waals surface area (Å²) in [6.07, 6.45) is 2.61. The van der Waals surface area contributed by atoms with Crippen molar-refractivity contribution in [1.82, 2.24) is 4.90 Å². The van der Waals surface area contributed by atoms with Crippen molar-refractivity contribution in [2.75, 3.05) is 20.2 Å². The number of hydrogen-bond donors (Lipinski definition) is 0. The summed E-state index contributed by atoms with van der Waals surface area (Å²) in [7, 11) is 1.64. The topological polar surface area (TPSA) is 53.3 Å². The van der Waals surface area contributed by atoms with Gasteiger partial charge in [-0.15, -0.1) is 0 Å². The van der Waals surface area contributed by atoms with Gasteiger partial charge >= 0.3 is 0 Å². The molecule has 1 heterocycles. The van der Waals surface area contributed by atoms with Gasteiger partial charge in [0.1, 0.15) is 5.75 Å². The Morgan fingerprint density at radius 2 is 1.77 bits per heavy atom. The molecule has 1 aliphatic rings. The van der Waals surface area contributed by atoms with Crippen LogP contribution in [0.4, 0.5) is 0 Å². The molecule has 4 nitrogen and oxygen atoms in total. The Morgan fingerprint density at radius 1 is 1.12 bits per heavy atom. The van der Waals surface area contributed by atoms with E-state index < -0.39 is 5.41 Å². The van der Waals surface area contributed by atoms with E-state index in [9.17, 15) is 10.1 Å². The molecule has 1 aliphatic heterocycles. The van der Waals surface area contributed by atoms with Crippen molar-refractivity contribution in [3.8, 4) is 11.8 Å². The van der Waals surface area contributed by atoms with Gasteiger partial charge in [0.25, 0.3) is 0 Å². The highest BCUT2D eigenvalue weighted by Gasteiger charge is 2.37. The van der Waals surface area contributed by atoms with Crippen LogP contribution >= 0.6 is 0 Å². The predicted molar refractivity (Wildman–Crippen MR) is 101 cm³/mol. The van der Waals surface area contributed by atoms with E-state index in [1.165, 1.54) is 0 Å². The lowest BCUT2D eigenvalue weighted by molar-refractivity contribution is -0.132. The molecule has 0 aliphatic carbocycles. The van der Waals surface area contributed by atoms with Crippen LogP contribution in [0.1, 0.15) is 30.4 Å². The lowest BCUT2D eigenvalue weighted by atomic mass is 9.74. The second-order valence-electron chi connectivity index (χ2n) is 6.79. The third kappa shape index (κ3) is 3.88. The second kappa shape index (κ2) is 8.05. The third-order valence-electron chi connectivity index (χ3n) is 5.30. The maximum Gasteiger partial charge on any atom is 0.222 e. The molecule has 0 saturated carbocycles. The molecular formula is C22H24N2O2. The van der Waals surface area contributed by atoms with E-state index in [0.717, 1.165) is 23.3 Å². The number of hydrogen-bond acceptors (Lipinski definition) is 3. The first-order chi connectivity index (χ1) is 12.7. The van der Waals surface area contributed by atoms with Gasteiger partial charge in [0.15, 0.2) is 0 Å². The average Bonchev–Trinajstić information content (AvgIpc) is 2.73. The Balaban J connectivity index is 1.55. The van der Waals surface area contributed by atoms with Crippen LogP contribution in [0.2, 0.25) is 0 Å². The van der Waals surface area contributed by atoms with E-state index in [4.69, 9.17) is 4.74 Å². The van der Waals surface area contributed by atoms with Crippen molar-refractivity contribution in [3.05, 3.63) is 65.7 Å². The first kappa shape index (κ1) is 18.0. The molecule has 0 aromatic heterocycles. The summed E-state index contributed by atoms with van der Waals surface area (Å²) < 4.78 is 5.16. The van der Waals surface area contributed by atoms with Crippen LogP contribution in [0.15, 0.2) is 54.6 Å². The van der Waals surface area contributed by atoms with Crippen molar-refractivity contribution in [3.63, 3.8) is 0 Å². The normalized spacial score (nSPS) is 15.9. The fourth-order valence-corrected chi connectivity index (χ4v) is 3.56. The number of aryl methyl sites for hydroxylation is 1. The minimum atomic E-state index is -0.464. The Labute approximate surface area is 155 Å².